The zero-order chi connectivity index (χ0) is 21.1. The van der Waals surface area contributed by atoms with Gasteiger partial charge >= 0.3 is 6.09 Å². The molecule has 0 aliphatic heterocycles. The van der Waals surface area contributed by atoms with Crippen LogP contribution in [0.25, 0.3) is 0 Å². The maximum atomic E-state index is 11.8. The van der Waals surface area contributed by atoms with Crippen LogP contribution in [0.3, 0.4) is 0 Å². The Kier molecular flexibility index (Phi) is 6.03. The Hall–Kier alpha value is -2.73. The van der Waals surface area contributed by atoms with E-state index in [1.807, 2.05) is 30.3 Å². The molecule has 0 saturated carbocycles. The van der Waals surface area contributed by atoms with Gasteiger partial charge in [-0.1, -0.05) is 75.9 Å². The van der Waals surface area contributed by atoms with Gasteiger partial charge in [0.1, 0.15) is 6.61 Å². The summed E-state index contributed by atoms with van der Waals surface area (Å²) in [6.45, 7) is 11.9. The van der Waals surface area contributed by atoms with Crippen molar-refractivity contribution in [3.05, 3.63) is 70.3 Å². The summed E-state index contributed by atoms with van der Waals surface area (Å²) < 4.78 is 5.21. The van der Waals surface area contributed by atoms with Crippen LogP contribution in [0.5, 0.6) is 0 Å². The van der Waals surface area contributed by atoms with E-state index in [0.29, 0.717) is 0 Å². The zero-order valence-electron chi connectivity index (χ0n) is 18.2. The van der Waals surface area contributed by atoms with Gasteiger partial charge in [0.15, 0.2) is 0 Å². The van der Waals surface area contributed by atoms with Gasteiger partial charge in [-0.05, 0) is 58.9 Å². The Balaban J connectivity index is 1.64. The lowest BCUT2D eigenvalue weighted by molar-refractivity contribution is 0.141. The van der Waals surface area contributed by atoms with E-state index in [9.17, 15) is 4.79 Å². The molecule has 0 aromatic heterocycles. The van der Waals surface area contributed by atoms with Crippen LogP contribution in [0.15, 0.2) is 42.5 Å². The molecule has 1 amide bonds. The number of benzene rings is 2. The molecule has 0 spiro atoms. The minimum Gasteiger partial charge on any atom is -0.445 e. The first-order valence-electron chi connectivity index (χ1n) is 10.3. The molecule has 1 aliphatic rings. The lowest BCUT2D eigenvalue weighted by Gasteiger charge is -2.42. The normalized spacial score (nSPS) is 16.2. The summed E-state index contributed by atoms with van der Waals surface area (Å²) in [5.41, 5.74) is 6.39. The monoisotopic (exact) mass is 389 g/mol. The van der Waals surface area contributed by atoms with Gasteiger partial charge in [-0.2, -0.15) is 0 Å². The van der Waals surface area contributed by atoms with E-state index in [-0.39, 0.29) is 24.0 Å². The molecule has 0 bridgehead atoms. The molecule has 0 radical (unpaired) electrons. The number of carbonyl (C=O) groups is 1. The Morgan fingerprint density at radius 1 is 1.03 bits per heavy atom. The molecule has 2 aromatic carbocycles. The number of aryl methyl sites for hydroxylation is 1. The van der Waals surface area contributed by atoms with Crippen LogP contribution in [-0.4, -0.2) is 12.6 Å². The fourth-order valence-electron chi connectivity index (χ4n) is 3.89. The van der Waals surface area contributed by atoms with Gasteiger partial charge in [0.2, 0.25) is 0 Å². The standard InChI is InChI=1S/C26H31NO2/c1-19-16-22-23(26(4,5)14-13-25(22,2)3)17-21(19)12-9-15-27-24(28)29-18-20-10-7-6-8-11-20/h6-8,10-11,16-17H,13-15,18H2,1-5H3,(H,27,28). The van der Waals surface area contributed by atoms with Crippen molar-refractivity contribution in [1.82, 2.24) is 5.32 Å². The average Bonchev–Trinajstić information content (AvgIpc) is 2.69. The van der Waals surface area contributed by atoms with Gasteiger partial charge in [0, 0.05) is 5.56 Å². The molecule has 0 heterocycles. The fraction of sp³-hybridized carbons (Fsp3) is 0.423. The summed E-state index contributed by atoms with van der Waals surface area (Å²) >= 11 is 0. The number of carbonyl (C=O) groups excluding carboxylic acids is 1. The largest absolute Gasteiger partial charge is 0.445 e. The van der Waals surface area contributed by atoms with Gasteiger partial charge < -0.3 is 10.1 Å². The molecule has 3 rings (SSSR count). The number of nitrogens with one attached hydrogen (secondary N) is 1. The third-order valence-corrected chi connectivity index (χ3v) is 5.95. The molecule has 3 heteroatoms. The highest BCUT2D eigenvalue weighted by molar-refractivity contribution is 5.67. The SMILES string of the molecule is Cc1cc2c(cc1C#CCNC(=O)OCc1ccccc1)C(C)(C)CCC2(C)C. The Labute approximate surface area is 174 Å². The molecule has 0 atom stereocenters. The van der Waals surface area contributed by atoms with Crippen molar-refractivity contribution >= 4 is 6.09 Å². The van der Waals surface area contributed by atoms with E-state index in [4.69, 9.17) is 4.74 Å². The zero-order valence-corrected chi connectivity index (χ0v) is 18.2. The molecular weight excluding hydrogens is 358 g/mol. The Morgan fingerprint density at radius 2 is 1.66 bits per heavy atom. The number of hydrogen-bond acceptors (Lipinski definition) is 2. The quantitative estimate of drug-likeness (QED) is 0.692. The van der Waals surface area contributed by atoms with Crippen molar-refractivity contribution in [2.45, 2.75) is 64.9 Å². The second-order valence-electron chi connectivity index (χ2n) is 9.20. The summed E-state index contributed by atoms with van der Waals surface area (Å²) in [4.78, 5) is 11.8. The van der Waals surface area contributed by atoms with Crippen LogP contribution in [-0.2, 0) is 22.2 Å². The van der Waals surface area contributed by atoms with Gasteiger partial charge in [-0.15, -0.1) is 0 Å². The predicted octanol–water partition coefficient (Wildman–Crippen LogP) is 5.62. The van der Waals surface area contributed by atoms with Gasteiger partial charge in [-0.3, -0.25) is 0 Å². The number of amides is 1. The summed E-state index contributed by atoms with van der Waals surface area (Å²) in [7, 11) is 0. The fourth-order valence-corrected chi connectivity index (χ4v) is 3.89. The minimum atomic E-state index is -0.451. The summed E-state index contributed by atoms with van der Waals surface area (Å²) in [5.74, 6) is 6.30. The molecule has 2 aromatic rings. The van der Waals surface area contributed by atoms with Crippen LogP contribution in [0.4, 0.5) is 4.79 Å². The van der Waals surface area contributed by atoms with Crippen molar-refractivity contribution in [3.8, 4) is 11.8 Å². The average molecular weight is 390 g/mol. The first-order valence-corrected chi connectivity index (χ1v) is 10.3. The number of rotatable bonds is 3. The minimum absolute atomic E-state index is 0.161. The van der Waals surface area contributed by atoms with E-state index < -0.39 is 6.09 Å². The molecule has 3 nitrogen and oxygen atoms in total. The van der Waals surface area contributed by atoms with E-state index in [2.05, 4.69) is 63.9 Å². The number of fused-ring (bicyclic) bond motifs is 1. The molecule has 29 heavy (non-hydrogen) atoms. The van der Waals surface area contributed by atoms with Crippen LogP contribution >= 0.6 is 0 Å². The molecule has 0 saturated heterocycles. The Bertz CT molecular complexity index is 946. The number of hydrogen-bond donors (Lipinski definition) is 1. The number of alkyl carbamates (subject to hydrolysis) is 1. The highest BCUT2D eigenvalue weighted by atomic mass is 16.5. The van der Waals surface area contributed by atoms with E-state index in [1.54, 1.807) is 0 Å². The van der Waals surface area contributed by atoms with Gasteiger partial charge in [0.05, 0.1) is 6.54 Å². The molecule has 1 N–H and O–H groups in total. The maximum Gasteiger partial charge on any atom is 0.408 e. The highest BCUT2D eigenvalue weighted by Gasteiger charge is 2.37. The predicted molar refractivity (Wildman–Crippen MR) is 118 cm³/mol. The lowest BCUT2D eigenvalue weighted by atomic mass is 9.62. The van der Waals surface area contributed by atoms with Crippen molar-refractivity contribution in [3.63, 3.8) is 0 Å². The molecule has 0 unspecified atom stereocenters. The first-order chi connectivity index (χ1) is 13.7. The molecule has 0 fully saturated rings. The van der Waals surface area contributed by atoms with E-state index in [1.165, 1.54) is 29.5 Å². The third-order valence-electron chi connectivity index (χ3n) is 5.95. The van der Waals surface area contributed by atoms with E-state index >= 15 is 0 Å². The third kappa shape index (κ3) is 5.01. The van der Waals surface area contributed by atoms with E-state index in [0.717, 1.165) is 11.1 Å². The van der Waals surface area contributed by atoms with Gasteiger partial charge in [0.25, 0.3) is 0 Å². The summed E-state index contributed by atoms with van der Waals surface area (Å²) in [6, 6.07) is 14.2. The van der Waals surface area contributed by atoms with Crippen LogP contribution < -0.4 is 5.32 Å². The van der Waals surface area contributed by atoms with Crippen LogP contribution in [0.2, 0.25) is 0 Å². The highest BCUT2D eigenvalue weighted by Crippen LogP contribution is 2.46. The van der Waals surface area contributed by atoms with Crippen molar-refractivity contribution in [2.24, 2.45) is 0 Å². The van der Waals surface area contributed by atoms with Crippen molar-refractivity contribution in [1.29, 1.82) is 0 Å². The molecular formula is C26H31NO2. The Morgan fingerprint density at radius 3 is 2.31 bits per heavy atom. The molecule has 1 aliphatic carbocycles. The van der Waals surface area contributed by atoms with Crippen molar-refractivity contribution in [2.75, 3.05) is 6.54 Å². The summed E-state index contributed by atoms with van der Waals surface area (Å²) in [5, 5.41) is 2.70. The second kappa shape index (κ2) is 8.33. The lowest BCUT2D eigenvalue weighted by Crippen LogP contribution is -2.34. The smallest absolute Gasteiger partial charge is 0.408 e. The summed E-state index contributed by atoms with van der Waals surface area (Å²) in [6.07, 6.45) is 1.93. The first kappa shape index (κ1) is 21.0. The maximum absolute atomic E-state index is 11.8. The van der Waals surface area contributed by atoms with Gasteiger partial charge in [-0.25, -0.2) is 4.79 Å². The number of ether oxygens (including phenoxy) is 1. The second-order valence-corrected chi connectivity index (χ2v) is 9.20. The molecule has 152 valence electrons. The topological polar surface area (TPSA) is 38.3 Å². The van der Waals surface area contributed by atoms with Crippen molar-refractivity contribution < 1.29 is 9.53 Å². The van der Waals surface area contributed by atoms with Crippen LogP contribution in [0.1, 0.15) is 68.4 Å². The van der Waals surface area contributed by atoms with Crippen LogP contribution in [0, 0.1) is 18.8 Å².